The lowest BCUT2D eigenvalue weighted by molar-refractivity contribution is 0.0717. The number of hydrogen-bond acceptors (Lipinski definition) is 5. The van der Waals surface area contributed by atoms with Crippen molar-refractivity contribution >= 4 is 17.5 Å². The zero-order chi connectivity index (χ0) is 15.5. The van der Waals surface area contributed by atoms with Crippen LogP contribution in [0.2, 0.25) is 5.02 Å². The number of aromatic nitrogens is 4. The molecule has 0 aliphatic heterocycles. The molecular weight excluding hydrogens is 306 g/mol. The molecule has 1 amide bonds. The van der Waals surface area contributed by atoms with E-state index >= 15 is 0 Å². The Bertz CT molecular complexity index is 661. The highest BCUT2D eigenvalue weighted by Crippen LogP contribution is 2.22. The van der Waals surface area contributed by atoms with E-state index in [0.717, 1.165) is 19.3 Å². The summed E-state index contributed by atoms with van der Waals surface area (Å²) in [6.07, 6.45) is 4.37. The summed E-state index contributed by atoms with van der Waals surface area (Å²) in [4.78, 5) is 12.6. The van der Waals surface area contributed by atoms with Crippen LogP contribution in [0.5, 0.6) is 0 Å². The van der Waals surface area contributed by atoms with Crippen LogP contribution >= 0.6 is 11.6 Å². The zero-order valence-corrected chi connectivity index (χ0v) is 12.6. The van der Waals surface area contributed by atoms with Gasteiger partial charge in [-0.3, -0.25) is 4.79 Å². The number of carbonyl (C=O) groups excluding carboxylic acids is 1. The molecule has 2 atom stereocenters. The van der Waals surface area contributed by atoms with Gasteiger partial charge in [-0.15, -0.1) is 5.10 Å². The highest BCUT2D eigenvalue weighted by molar-refractivity contribution is 6.31. The number of nitrogens with zero attached hydrogens (tertiary/aromatic N) is 4. The number of hydrogen-bond donors (Lipinski definition) is 2. The van der Waals surface area contributed by atoms with Crippen molar-refractivity contribution in [2.75, 3.05) is 0 Å². The molecule has 0 bridgehead atoms. The predicted molar refractivity (Wildman–Crippen MR) is 79.9 cm³/mol. The Morgan fingerprint density at radius 3 is 2.91 bits per heavy atom. The molecule has 116 valence electrons. The lowest BCUT2D eigenvalue weighted by atomic mass is 9.92. The van der Waals surface area contributed by atoms with Gasteiger partial charge in [-0.1, -0.05) is 24.4 Å². The molecule has 1 heterocycles. The van der Waals surface area contributed by atoms with Gasteiger partial charge in [0.05, 0.1) is 23.4 Å². The summed E-state index contributed by atoms with van der Waals surface area (Å²) in [5, 5.41) is 24.3. The minimum atomic E-state index is -0.506. The molecule has 22 heavy (non-hydrogen) atoms. The van der Waals surface area contributed by atoms with Gasteiger partial charge < -0.3 is 10.4 Å². The summed E-state index contributed by atoms with van der Waals surface area (Å²) in [5.41, 5.74) is 0.912. The molecule has 1 aliphatic rings. The number of rotatable bonds is 3. The Morgan fingerprint density at radius 2 is 2.18 bits per heavy atom. The van der Waals surface area contributed by atoms with E-state index in [-0.39, 0.29) is 11.9 Å². The molecule has 0 saturated heterocycles. The molecule has 1 aliphatic carbocycles. The van der Waals surface area contributed by atoms with Gasteiger partial charge in [-0.05, 0) is 41.5 Å². The van der Waals surface area contributed by atoms with Gasteiger partial charge in [-0.25, -0.2) is 0 Å². The number of tetrazole rings is 1. The number of benzene rings is 1. The smallest absolute Gasteiger partial charge is 0.253 e. The highest BCUT2D eigenvalue weighted by atomic mass is 35.5. The molecule has 2 aromatic rings. The van der Waals surface area contributed by atoms with E-state index in [1.54, 1.807) is 18.2 Å². The fourth-order valence-electron chi connectivity index (χ4n) is 2.69. The third-order valence-electron chi connectivity index (χ3n) is 3.85. The lowest BCUT2D eigenvalue weighted by Crippen LogP contribution is -2.45. The number of nitrogens with one attached hydrogen (secondary N) is 1. The van der Waals surface area contributed by atoms with Crippen LogP contribution in [0.3, 0.4) is 0 Å². The van der Waals surface area contributed by atoms with Crippen LogP contribution in [-0.4, -0.2) is 43.4 Å². The first-order valence-corrected chi connectivity index (χ1v) is 7.55. The van der Waals surface area contributed by atoms with Crippen molar-refractivity contribution in [3.05, 3.63) is 35.1 Å². The average molecular weight is 322 g/mol. The molecule has 1 fully saturated rings. The van der Waals surface area contributed by atoms with E-state index in [1.165, 1.54) is 11.0 Å². The molecule has 0 spiro atoms. The Balaban J connectivity index is 1.87. The Kier molecular flexibility index (Phi) is 4.35. The van der Waals surface area contributed by atoms with E-state index in [0.29, 0.717) is 22.7 Å². The van der Waals surface area contributed by atoms with Crippen molar-refractivity contribution in [2.45, 2.75) is 37.8 Å². The third kappa shape index (κ3) is 3.10. The van der Waals surface area contributed by atoms with Gasteiger partial charge in [0, 0.05) is 5.02 Å². The predicted octanol–water partition coefficient (Wildman–Crippen LogP) is 1.35. The molecule has 7 nitrogen and oxygen atoms in total. The van der Waals surface area contributed by atoms with E-state index in [2.05, 4.69) is 20.8 Å². The second kappa shape index (κ2) is 6.41. The standard InChI is InChI=1S/C14H16ClN5O2/c15-9-5-6-12(20-8-16-18-19-20)10(7-9)14(22)17-11-3-1-2-4-13(11)21/h5-8,11,13,21H,1-4H2,(H,17,22). The first-order valence-electron chi connectivity index (χ1n) is 7.17. The zero-order valence-electron chi connectivity index (χ0n) is 11.8. The lowest BCUT2D eigenvalue weighted by Gasteiger charge is -2.28. The number of amides is 1. The Hall–Kier alpha value is -1.99. The number of carbonyl (C=O) groups is 1. The molecular formula is C14H16ClN5O2. The van der Waals surface area contributed by atoms with Crippen molar-refractivity contribution in [3.63, 3.8) is 0 Å². The van der Waals surface area contributed by atoms with Crippen LogP contribution in [0.4, 0.5) is 0 Å². The fraction of sp³-hybridized carbons (Fsp3) is 0.429. The van der Waals surface area contributed by atoms with Crippen LogP contribution in [-0.2, 0) is 0 Å². The molecule has 1 saturated carbocycles. The Labute approximate surface area is 132 Å². The molecule has 0 radical (unpaired) electrons. The van der Waals surface area contributed by atoms with Gasteiger partial charge in [-0.2, -0.15) is 4.68 Å². The quantitative estimate of drug-likeness (QED) is 0.890. The fourth-order valence-corrected chi connectivity index (χ4v) is 2.86. The van der Waals surface area contributed by atoms with Crippen LogP contribution in [0.1, 0.15) is 36.0 Å². The molecule has 8 heteroatoms. The summed E-state index contributed by atoms with van der Waals surface area (Å²) in [6, 6.07) is 4.70. The topological polar surface area (TPSA) is 92.9 Å². The van der Waals surface area contributed by atoms with Gasteiger partial charge in [0.2, 0.25) is 0 Å². The monoisotopic (exact) mass is 321 g/mol. The largest absolute Gasteiger partial charge is 0.391 e. The maximum atomic E-state index is 12.6. The first kappa shape index (κ1) is 14.9. The summed E-state index contributed by atoms with van der Waals surface area (Å²) in [6.45, 7) is 0. The first-order chi connectivity index (χ1) is 10.6. The summed E-state index contributed by atoms with van der Waals surface area (Å²) in [5.74, 6) is -0.293. The second-order valence-electron chi connectivity index (χ2n) is 5.35. The van der Waals surface area contributed by atoms with Gasteiger partial charge in [0.25, 0.3) is 5.91 Å². The summed E-state index contributed by atoms with van der Waals surface area (Å²) >= 11 is 6.00. The van der Waals surface area contributed by atoms with Crippen LogP contribution < -0.4 is 5.32 Å². The highest BCUT2D eigenvalue weighted by Gasteiger charge is 2.26. The Morgan fingerprint density at radius 1 is 1.36 bits per heavy atom. The molecule has 1 aromatic heterocycles. The minimum Gasteiger partial charge on any atom is -0.391 e. The minimum absolute atomic E-state index is 0.234. The SMILES string of the molecule is O=C(NC1CCCCC1O)c1cc(Cl)ccc1-n1cnnn1. The molecule has 3 rings (SSSR count). The van der Waals surface area contributed by atoms with E-state index < -0.39 is 6.10 Å². The van der Waals surface area contributed by atoms with Crippen LogP contribution in [0.15, 0.2) is 24.5 Å². The van der Waals surface area contributed by atoms with Gasteiger partial charge >= 0.3 is 0 Å². The molecule has 2 N–H and O–H groups in total. The van der Waals surface area contributed by atoms with Gasteiger partial charge in [0.1, 0.15) is 6.33 Å². The second-order valence-corrected chi connectivity index (χ2v) is 5.78. The van der Waals surface area contributed by atoms with E-state index in [4.69, 9.17) is 11.6 Å². The normalized spacial score (nSPS) is 21.5. The van der Waals surface area contributed by atoms with Crippen molar-refractivity contribution in [2.24, 2.45) is 0 Å². The van der Waals surface area contributed by atoms with Crippen LogP contribution in [0, 0.1) is 0 Å². The average Bonchev–Trinajstić information content (AvgIpc) is 3.03. The van der Waals surface area contributed by atoms with Crippen molar-refractivity contribution in [1.82, 2.24) is 25.5 Å². The van der Waals surface area contributed by atoms with Crippen LogP contribution in [0.25, 0.3) is 5.69 Å². The maximum absolute atomic E-state index is 12.6. The van der Waals surface area contributed by atoms with Gasteiger partial charge in [0.15, 0.2) is 0 Å². The number of aliphatic hydroxyl groups is 1. The summed E-state index contributed by atoms with van der Waals surface area (Å²) < 4.78 is 1.41. The third-order valence-corrected chi connectivity index (χ3v) is 4.08. The van der Waals surface area contributed by atoms with Crippen molar-refractivity contribution in [3.8, 4) is 5.69 Å². The van der Waals surface area contributed by atoms with E-state index in [9.17, 15) is 9.90 Å². The number of halogens is 1. The van der Waals surface area contributed by atoms with Crippen molar-refractivity contribution in [1.29, 1.82) is 0 Å². The summed E-state index contributed by atoms with van der Waals surface area (Å²) in [7, 11) is 0. The number of aliphatic hydroxyl groups excluding tert-OH is 1. The maximum Gasteiger partial charge on any atom is 0.253 e. The molecule has 2 unspecified atom stereocenters. The van der Waals surface area contributed by atoms with Crippen molar-refractivity contribution < 1.29 is 9.90 Å². The van der Waals surface area contributed by atoms with E-state index in [1.807, 2.05) is 0 Å². The molecule has 1 aromatic carbocycles.